The first-order valence-electron chi connectivity index (χ1n) is 9.19. The highest BCUT2D eigenvalue weighted by atomic mass is 35.5. The van der Waals surface area contributed by atoms with Gasteiger partial charge in [-0.1, -0.05) is 11.6 Å². The Kier molecular flexibility index (Phi) is 5.23. The van der Waals surface area contributed by atoms with Crippen molar-refractivity contribution in [3.8, 4) is 17.0 Å². The van der Waals surface area contributed by atoms with Gasteiger partial charge in [-0.15, -0.1) is 0 Å². The molecule has 0 fully saturated rings. The largest absolute Gasteiger partial charge is 0.492 e. The van der Waals surface area contributed by atoms with Crippen molar-refractivity contribution in [2.45, 2.75) is 13.5 Å². The Bertz CT molecular complexity index is 1170. The lowest BCUT2D eigenvalue weighted by Gasteiger charge is -2.13. The number of carbonyl (C=O) groups is 1. The number of ether oxygens (including phenoxy) is 1. The van der Waals surface area contributed by atoms with Gasteiger partial charge in [0.1, 0.15) is 12.4 Å². The molecule has 146 valence electrons. The van der Waals surface area contributed by atoms with Gasteiger partial charge in [-0.3, -0.25) is 4.98 Å². The van der Waals surface area contributed by atoms with E-state index < -0.39 is 5.97 Å². The average Bonchev–Trinajstić information content (AvgIpc) is 3.00. The smallest absolute Gasteiger partial charge is 0.335 e. The second-order valence-electron chi connectivity index (χ2n) is 6.71. The lowest BCUT2D eigenvalue weighted by Crippen LogP contribution is -2.09. The van der Waals surface area contributed by atoms with Crippen LogP contribution in [-0.2, 0) is 6.54 Å². The van der Waals surface area contributed by atoms with E-state index in [1.54, 1.807) is 18.3 Å². The molecule has 0 saturated heterocycles. The summed E-state index contributed by atoms with van der Waals surface area (Å²) in [7, 11) is 0. The van der Waals surface area contributed by atoms with Crippen LogP contribution >= 0.6 is 11.6 Å². The third kappa shape index (κ3) is 3.82. The molecule has 4 aromatic rings. The van der Waals surface area contributed by atoms with Crippen LogP contribution in [0.15, 0.2) is 67.0 Å². The number of aromatic nitrogens is 2. The molecule has 0 atom stereocenters. The minimum absolute atomic E-state index is 0.236. The van der Waals surface area contributed by atoms with E-state index in [2.05, 4.69) is 16.5 Å². The summed E-state index contributed by atoms with van der Waals surface area (Å²) in [5.41, 5.74) is 4.57. The molecule has 0 amide bonds. The number of halogens is 1. The molecule has 0 aliphatic carbocycles. The van der Waals surface area contributed by atoms with Crippen molar-refractivity contribution in [2.24, 2.45) is 0 Å². The molecule has 0 radical (unpaired) electrons. The predicted molar refractivity (Wildman–Crippen MR) is 114 cm³/mol. The highest BCUT2D eigenvalue weighted by molar-refractivity contribution is 6.31. The Morgan fingerprint density at radius 2 is 1.97 bits per heavy atom. The zero-order valence-electron chi connectivity index (χ0n) is 15.8. The maximum absolute atomic E-state index is 11.0. The summed E-state index contributed by atoms with van der Waals surface area (Å²) in [5, 5.41) is 10.8. The molecule has 4 rings (SSSR count). The maximum Gasteiger partial charge on any atom is 0.335 e. The topological polar surface area (TPSA) is 64.4 Å². The molecule has 1 N–H and O–H groups in total. The van der Waals surface area contributed by atoms with E-state index in [1.165, 1.54) is 12.1 Å². The summed E-state index contributed by atoms with van der Waals surface area (Å²) < 4.78 is 8.07. The zero-order chi connectivity index (χ0) is 20.4. The molecule has 6 heteroatoms. The third-order valence-electron chi connectivity index (χ3n) is 4.90. The number of aromatic carboxylic acids is 1. The molecule has 0 unspecified atom stereocenters. The number of carboxylic acids is 1. The summed E-state index contributed by atoms with van der Waals surface area (Å²) in [5.74, 6) is -0.320. The lowest BCUT2D eigenvalue weighted by molar-refractivity contribution is 0.0697. The molecule has 2 aromatic heterocycles. The number of hydrogen-bond acceptors (Lipinski definition) is 3. The SMILES string of the molecule is Cc1c(-c2cccnc2)n(CCOc2ccc(C(=O)O)cc2)c2ccc(Cl)cc12. The van der Waals surface area contributed by atoms with Gasteiger partial charge >= 0.3 is 5.97 Å². The van der Waals surface area contributed by atoms with Gasteiger partial charge in [0.2, 0.25) is 0 Å². The Morgan fingerprint density at radius 3 is 2.66 bits per heavy atom. The number of nitrogens with zero attached hydrogens (tertiary/aromatic N) is 2. The molecule has 5 nitrogen and oxygen atoms in total. The normalized spacial score (nSPS) is 11.0. The number of fused-ring (bicyclic) bond motifs is 1. The van der Waals surface area contributed by atoms with E-state index in [4.69, 9.17) is 21.4 Å². The van der Waals surface area contributed by atoms with Crippen LogP contribution in [0.3, 0.4) is 0 Å². The number of aryl methyl sites for hydroxylation is 1. The van der Waals surface area contributed by atoms with Crippen molar-refractivity contribution in [2.75, 3.05) is 6.61 Å². The van der Waals surface area contributed by atoms with Crippen molar-refractivity contribution in [1.29, 1.82) is 0 Å². The first-order chi connectivity index (χ1) is 14.0. The molecule has 0 aliphatic rings. The maximum atomic E-state index is 11.0. The average molecular weight is 407 g/mol. The van der Waals surface area contributed by atoms with Gasteiger partial charge in [-0.05, 0) is 67.1 Å². The van der Waals surface area contributed by atoms with Crippen LogP contribution in [-0.4, -0.2) is 27.2 Å². The van der Waals surface area contributed by atoms with Crippen LogP contribution in [0.5, 0.6) is 5.75 Å². The Hall–Kier alpha value is -3.31. The molecular weight excluding hydrogens is 388 g/mol. The van der Waals surface area contributed by atoms with Gasteiger partial charge in [-0.25, -0.2) is 4.79 Å². The fraction of sp³-hybridized carbons (Fsp3) is 0.130. The lowest BCUT2D eigenvalue weighted by atomic mass is 10.1. The number of hydrogen-bond donors (Lipinski definition) is 1. The summed E-state index contributed by atoms with van der Waals surface area (Å²) in [6, 6.07) is 16.3. The van der Waals surface area contributed by atoms with E-state index >= 15 is 0 Å². The number of benzene rings is 2. The van der Waals surface area contributed by atoms with Crippen LogP contribution in [0.1, 0.15) is 15.9 Å². The summed E-state index contributed by atoms with van der Waals surface area (Å²) in [6.45, 7) is 3.14. The number of carboxylic acid groups (broad SMARTS) is 1. The second kappa shape index (κ2) is 7.97. The van der Waals surface area contributed by atoms with Crippen LogP contribution in [0.2, 0.25) is 5.02 Å². The quantitative estimate of drug-likeness (QED) is 0.463. The highest BCUT2D eigenvalue weighted by Crippen LogP contribution is 2.34. The van der Waals surface area contributed by atoms with Crippen LogP contribution in [0, 0.1) is 6.92 Å². The predicted octanol–water partition coefficient (Wildman–Crippen LogP) is 5.44. The van der Waals surface area contributed by atoms with Crippen LogP contribution < -0.4 is 4.74 Å². The molecule has 2 heterocycles. The number of rotatable bonds is 6. The van der Waals surface area contributed by atoms with Gasteiger partial charge in [0, 0.05) is 33.9 Å². The van der Waals surface area contributed by atoms with Crippen molar-refractivity contribution in [3.05, 3.63) is 83.1 Å². The highest BCUT2D eigenvalue weighted by Gasteiger charge is 2.16. The van der Waals surface area contributed by atoms with E-state index in [0.29, 0.717) is 23.9 Å². The van der Waals surface area contributed by atoms with Crippen molar-refractivity contribution in [1.82, 2.24) is 9.55 Å². The summed E-state index contributed by atoms with van der Waals surface area (Å²) >= 11 is 6.23. The Labute approximate surface area is 173 Å². The molecule has 0 saturated carbocycles. The van der Waals surface area contributed by atoms with Gasteiger partial charge in [0.25, 0.3) is 0 Å². The third-order valence-corrected chi connectivity index (χ3v) is 5.13. The molecule has 0 bridgehead atoms. The first kappa shape index (κ1) is 19.0. The summed E-state index contributed by atoms with van der Waals surface area (Å²) in [4.78, 5) is 15.2. The standard InChI is InChI=1S/C23H19ClN2O3/c1-15-20-13-18(24)6-9-21(20)26(22(15)17-3-2-10-25-14-17)11-12-29-19-7-4-16(5-8-19)23(27)28/h2-10,13-14H,11-12H2,1H3,(H,27,28). The molecule has 29 heavy (non-hydrogen) atoms. The Balaban J connectivity index is 1.64. The van der Waals surface area contributed by atoms with Gasteiger partial charge < -0.3 is 14.4 Å². The van der Waals surface area contributed by atoms with Crippen LogP contribution in [0.4, 0.5) is 0 Å². The Morgan fingerprint density at radius 1 is 1.17 bits per heavy atom. The first-order valence-corrected chi connectivity index (χ1v) is 9.57. The summed E-state index contributed by atoms with van der Waals surface area (Å²) in [6.07, 6.45) is 3.61. The molecule has 0 aliphatic heterocycles. The van der Waals surface area contributed by atoms with Gasteiger partial charge in [-0.2, -0.15) is 0 Å². The zero-order valence-corrected chi connectivity index (χ0v) is 16.6. The van der Waals surface area contributed by atoms with Crippen LogP contribution in [0.25, 0.3) is 22.2 Å². The number of pyridine rings is 1. The molecule has 2 aromatic carbocycles. The van der Waals surface area contributed by atoms with E-state index in [1.807, 2.05) is 36.5 Å². The minimum atomic E-state index is -0.953. The fourth-order valence-corrected chi connectivity index (χ4v) is 3.72. The van der Waals surface area contributed by atoms with E-state index in [0.717, 1.165) is 27.7 Å². The van der Waals surface area contributed by atoms with Crippen molar-refractivity contribution in [3.63, 3.8) is 0 Å². The minimum Gasteiger partial charge on any atom is -0.492 e. The van der Waals surface area contributed by atoms with Crippen molar-refractivity contribution < 1.29 is 14.6 Å². The molecule has 0 spiro atoms. The van der Waals surface area contributed by atoms with Gasteiger partial charge in [0.05, 0.1) is 17.8 Å². The van der Waals surface area contributed by atoms with Crippen molar-refractivity contribution >= 4 is 28.5 Å². The fourth-order valence-electron chi connectivity index (χ4n) is 3.55. The van der Waals surface area contributed by atoms with E-state index in [-0.39, 0.29) is 5.56 Å². The monoisotopic (exact) mass is 406 g/mol. The molecular formula is C23H19ClN2O3. The second-order valence-corrected chi connectivity index (χ2v) is 7.14. The van der Waals surface area contributed by atoms with Gasteiger partial charge in [0.15, 0.2) is 0 Å². The van der Waals surface area contributed by atoms with E-state index in [9.17, 15) is 4.79 Å².